The van der Waals surface area contributed by atoms with Gasteiger partial charge in [-0.25, -0.2) is 4.39 Å². The van der Waals surface area contributed by atoms with E-state index in [4.69, 9.17) is 4.99 Å². The summed E-state index contributed by atoms with van der Waals surface area (Å²) in [5, 5.41) is 3.33. The topological polar surface area (TPSA) is 34.1 Å². The van der Waals surface area contributed by atoms with Crippen LogP contribution in [0.2, 0.25) is 0 Å². The highest BCUT2D eigenvalue weighted by molar-refractivity contribution is 5.79. The molecule has 0 bridgehead atoms. The van der Waals surface area contributed by atoms with Crippen LogP contribution in [0.15, 0.2) is 29.3 Å². The van der Waals surface area contributed by atoms with Crippen LogP contribution >= 0.6 is 0 Å². The van der Waals surface area contributed by atoms with Gasteiger partial charge in [0, 0.05) is 45.8 Å². The van der Waals surface area contributed by atoms with E-state index in [1.165, 1.54) is 6.07 Å². The second-order valence-corrected chi connectivity index (χ2v) is 6.58. The van der Waals surface area contributed by atoms with E-state index in [-0.39, 0.29) is 5.82 Å². The third kappa shape index (κ3) is 5.46. The first-order valence-corrected chi connectivity index (χ1v) is 8.62. The van der Waals surface area contributed by atoms with Gasteiger partial charge in [-0.15, -0.1) is 0 Å². The van der Waals surface area contributed by atoms with Crippen molar-refractivity contribution in [2.24, 2.45) is 4.99 Å². The highest BCUT2D eigenvalue weighted by atomic mass is 19.1. The zero-order chi connectivity index (χ0) is 17.5. The monoisotopic (exact) mass is 335 g/mol. The molecule has 0 aromatic heterocycles. The van der Waals surface area contributed by atoms with Crippen molar-refractivity contribution in [3.63, 3.8) is 0 Å². The van der Waals surface area contributed by atoms with Gasteiger partial charge in [0.25, 0.3) is 0 Å². The maximum Gasteiger partial charge on any atom is 0.194 e. The lowest BCUT2D eigenvalue weighted by atomic mass is 10.2. The molecule has 1 fully saturated rings. The Balaban J connectivity index is 2.01. The number of likely N-dealkylation sites (N-methyl/N-ethyl adjacent to an activating group) is 2. The fourth-order valence-corrected chi connectivity index (χ4v) is 2.94. The van der Waals surface area contributed by atoms with Crippen molar-refractivity contribution in [2.75, 3.05) is 53.9 Å². The predicted octanol–water partition coefficient (Wildman–Crippen LogP) is 1.47. The molecule has 1 atom stereocenters. The lowest BCUT2D eigenvalue weighted by molar-refractivity contribution is 0.119. The summed E-state index contributed by atoms with van der Waals surface area (Å²) >= 11 is 0. The molecule has 1 unspecified atom stereocenters. The zero-order valence-electron chi connectivity index (χ0n) is 15.3. The first-order valence-electron chi connectivity index (χ1n) is 8.62. The van der Waals surface area contributed by atoms with Crippen molar-refractivity contribution < 1.29 is 4.39 Å². The molecule has 1 aromatic carbocycles. The molecular weight excluding hydrogens is 305 g/mol. The van der Waals surface area contributed by atoms with Crippen LogP contribution in [-0.4, -0.2) is 80.6 Å². The fraction of sp³-hybridized carbons (Fsp3) is 0.611. The Morgan fingerprint density at radius 2 is 2.17 bits per heavy atom. The Bertz CT molecular complexity index is 548. The van der Waals surface area contributed by atoms with E-state index < -0.39 is 0 Å². The summed E-state index contributed by atoms with van der Waals surface area (Å²) in [7, 11) is 6.31. The van der Waals surface area contributed by atoms with Gasteiger partial charge < -0.3 is 15.1 Å². The molecule has 5 nitrogen and oxygen atoms in total. The van der Waals surface area contributed by atoms with Gasteiger partial charge in [0.05, 0.1) is 6.54 Å². The molecule has 2 rings (SSSR count). The van der Waals surface area contributed by atoms with E-state index in [1.807, 2.05) is 18.0 Å². The number of guanidine groups is 1. The van der Waals surface area contributed by atoms with Crippen molar-refractivity contribution in [3.05, 3.63) is 35.6 Å². The average Bonchev–Trinajstić information content (AvgIpc) is 2.54. The lowest BCUT2D eigenvalue weighted by Crippen LogP contribution is -2.51. The summed E-state index contributed by atoms with van der Waals surface area (Å²) in [4.78, 5) is 11.6. The molecule has 0 saturated carbocycles. The summed E-state index contributed by atoms with van der Waals surface area (Å²) < 4.78 is 13.4. The number of benzene rings is 1. The molecule has 134 valence electrons. The van der Waals surface area contributed by atoms with Crippen molar-refractivity contribution in [3.8, 4) is 0 Å². The van der Waals surface area contributed by atoms with Crippen LogP contribution < -0.4 is 5.32 Å². The number of aliphatic imine (C=N–C) groups is 1. The predicted molar refractivity (Wildman–Crippen MR) is 97.8 cm³/mol. The zero-order valence-corrected chi connectivity index (χ0v) is 15.3. The molecule has 1 aliphatic heterocycles. The number of hydrogen-bond donors (Lipinski definition) is 1. The van der Waals surface area contributed by atoms with Gasteiger partial charge in [-0.05, 0) is 38.7 Å². The van der Waals surface area contributed by atoms with Crippen LogP contribution in [0.3, 0.4) is 0 Å². The Kier molecular flexibility index (Phi) is 6.99. The summed E-state index contributed by atoms with van der Waals surface area (Å²) in [6, 6.07) is 7.16. The minimum absolute atomic E-state index is 0.199. The summed E-state index contributed by atoms with van der Waals surface area (Å²) in [6.07, 6.45) is 0. The van der Waals surface area contributed by atoms with Crippen LogP contribution in [0.25, 0.3) is 0 Å². The molecule has 0 aliphatic carbocycles. The van der Waals surface area contributed by atoms with Crippen LogP contribution in [0.4, 0.5) is 4.39 Å². The van der Waals surface area contributed by atoms with E-state index in [0.717, 1.165) is 44.2 Å². The van der Waals surface area contributed by atoms with Gasteiger partial charge in [-0.3, -0.25) is 9.89 Å². The second kappa shape index (κ2) is 8.99. The Labute approximate surface area is 145 Å². The minimum atomic E-state index is -0.199. The van der Waals surface area contributed by atoms with E-state index in [0.29, 0.717) is 12.6 Å². The normalized spacial score (nSPS) is 20.2. The van der Waals surface area contributed by atoms with Crippen molar-refractivity contribution >= 4 is 5.96 Å². The maximum atomic E-state index is 13.4. The molecule has 6 heteroatoms. The van der Waals surface area contributed by atoms with Crippen LogP contribution in [0.1, 0.15) is 12.5 Å². The number of nitrogens with zero attached hydrogens (tertiary/aromatic N) is 4. The Morgan fingerprint density at radius 3 is 2.88 bits per heavy atom. The van der Waals surface area contributed by atoms with Gasteiger partial charge in [0.15, 0.2) is 5.96 Å². The van der Waals surface area contributed by atoms with Crippen LogP contribution in [0, 0.1) is 5.82 Å². The highest BCUT2D eigenvalue weighted by Gasteiger charge is 2.22. The van der Waals surface area contributed by atoms with Crippen LogP contribution in [-0.2, 0) is 6.54 Å². The quantitative estimate of drug-likeness (QED) is 0.653. The van der Waals surface area contributed by atoms with Crippen LogP contribution in [0.5, 0.6) is 0 Å². The maximum absolute atomic E-state index is 13.4. The number of hydrogen-bond acceptors (Lipinski definition) is 3. The van der Waals surface area contributed by atoms with Gasteiger partial charge in [0.2, 0.25) is 0 Å². The second-order valence-electron chi connectivity index (χ2n) is 6.58. The molecule has 1 saturated heterocycles. The van der Waals surface area contributed by atoms with Crippen molar-refractivity contribution in [2.45, 2.75) is 19.5 Å². The fourth-order valence-electron chi connectivity index (χ4n) is 2.94. The number of nitrogens with one attached hydrogen (secondary N) is 1. The van der Waals surface area contributed by atoms with Gasteiger partial charge >= 0.3 is 0 Å². The third-order valence-corrected chi connectivity index (χ3v) is 4.44. The molecule has 1 aromatic rings. The molecule has 0 spiro atoms. The van der Waals surface area contributed by atoms with E-state index in [2.05, 4.69) is 36.1 Å². The third-order valence-electron chi connectivity index (χ3n) is 4.44. The van der Waals surface area contributed by atoms with E-state index in [1.54, 1.807) is 12.1 Å². The standard InChI is InChI=1S/C18H30FN5/c1-5-20-18(21-12-17-14-22(2)9-10-23(17)3)24(4)13-15-7-6-8-16(19)11-15/h6-8,11,17H,5,9-10,12-14H2,1-4H3,(H,20,21). The summed E-state index contributed by atoms with van der Waals surface area (Å²) in [5.74, 6) is 0.665. The van der Waals surface area contributed by atoms with E-state index in [9.17, 15) is 4.39 Å². The molecule has 1 heterocycles. The Hall–Kier alpha value is -1.66. The summed E-state index contributed by atoms with van der Waals surface area (Å²) in [5.41, 5.74) is 0.942. The first kappa shape index (κ1) is 18.7. The van der Waals surface area contributed by atoms with Crippen molar-refractivity contribution in [1.82, 2.24) is 20.0 Å². The van der Waals surface area contributed by atoms with Crippen molar-refractivity contribution in [1.29, 1.82) is 0 Å². The number of piperazine rings is 1. The van der Waals surface area contributed by atoms with Gasteiger partial charge in [-0.1, -0.05) is 12.1 Å². The number of halogens is 1. The largest absolute Gasteiger partial charge is 0.357 e. The highest BCUT2D eigenvalue weighted by Crippen LogP contribution is 2.08. The molecule has 1 aliphatic rings. The molecule has 1 N–H and O–H groups in total. The lowest BCUT2D eigenvalue weighted by Gasteiger charge is -2.37. The van der Waals surface area contributed by atoms with Gasteiger partial charge in [0.1, 0.15) is 5.82 Å². The molecular formula is C18H30FN5. The minimum Gasteiger partial charge on any atom is -0.357 e. The number of rotatable bonds is 5. The molecule has 0 radical (unpaired) electrons. The van der Waals surface area contributed by atoms with Gasteiger partial charge in [-0.2, -0.15) is 0 Å². The smallest absolute Gasteiger partial charge is 0.194 e. The molecule has 0 amide bonds. The molecule has 24 heavy (non-hydrogen) atoms. The average molecular weight is 335 g/mol. The first-order chi connectivity index (χ1) is 11.5. The summed E-state index contributed by atoms with van der Waals surface area (Å²) in [6.45, 7) is 7.48. The Morgan fingerprint density at radius 1 is 1.38 bits per heavy atom. The van der Waals surface area contributed by atoms with E-state index >= 15 is 0 Å². The SMILES string of the molecule is CCNC(=NCC1CN(C)CCN1C)N(C)Cc1cccc(F)c1.